The third-order valence-corrected chi connectivity index (χ3v) is 10.1. The van der Waals surface area contributed by atoms with Crippen LogP contribution in [-0.4, -0.2) is 166 Å². The second-order valence-electron chi connectivity index (χ2n) is 15.3. The zero-order chi connectivity index (χ0) is 52.1. The Labute approximate surface area is 395 Å². The fourth-order valence-corrected chi connectivity index (χ4v) is 6.19. The highest BCUT2D eigenvalue weighted by molar-refractivity contribution is 7.98. The van der Waals surface area contributed by atoms with Gasteiger partial charge in [0.05, 0.1) is 6.04 Å². The van der Waals surface area contributed by atoms with E-state index >= 15 is 0 Å². The van der Waals surface area contributed by atoms with Gasteiger partial charge in [-0.3, -0.25) is 62.7 Å². The summed E-state index contributed by atoms with van der Waals surface area (Å²) in [7, 11) is 0. The molecule has 0 rings (SSSR count). The van der Waals surface area contributed by atoms with Gasteiger partial charge >= 0.3 is 17.9 Å². The number of guanidine groups is 2. The Bertz CT molecular complexity index is 1830. The van der Waals surface area contributed by atoms with Crippen LogP contribution in [0, 0.1) is 0 Å². The van der Waals surface area contributed by atoms with Crippen molar-refractivity contribution in [3.63, 3.8) is 0 Å². The summed E-state index contributed by atoms with van der Waals surface area (Å²) in [6.45, 7) is 2.56. The van der Waals surface area contributed by atoms with Crippen molar-refractivity contribution in [1.82, 2.24) is 37.2 Å². The summed E-state index contributed by atoms with van der Waals surface area (Å²) in [5.41, 5.74) is 32.7. The minimum Gasteiger partial charge on any atom is -0.481 e. The van der Waals surface area contributed by atoms with Gasteiger partial charge < -0.3 is 86.9 Å². The minimum absolute atomic E-state index is 0.00519. The maximum atomic E-state index is 14.0. The molecular weight excluding hydrogens is 923 g/mol. The third-order valence-electron chi connectivity index (χ3n) is 9.42. The molecule has 22 N–H and O–H groups in total. The number of carboxylic acids is 3. The van der Waals surface area contributed by atoms with Crippen LogP contribution in [0.2, 0.25) is 0 Å². The fourth-order valence-electron chi connectivity index (χ4n) is 5.72. The predicted molar refractivity (Wildman–Crippen MR) is 245 cm³/mol. The van der Waals surface area contributed by atoms with Gasteiger partial charge in [-0.2, -0.15) is 11.8 Å². The van der Waals surface area contributed by atoms with Crippen molar-refractivity contribution in [3.8, 4) is 0 Å². The van der Waals surface area contributed by atoms with Crippen LogP contribution in [0.15, 0.2) is 9.98 Å². The van der Waals surface area contributed by atoms with Crippen LogP contribution in [0.1, 0.15) is 84.5 Å². The van der Waals surface area contributed by atoms with Crippen molar-refractivity contribution in [2.75, 3.05) is 25.1 Å². The van der Waals surface area contributed by atoms with Crippen molar-refractivity contribution < 1.29 is 68.1 Å². The zero-order valence-electron chi connectivity index (χ0n) is 38.1. The molecule has 0 aromatic heterocycles. The Morgan fingerprint density at radius 3 is 1.07 bits per heavy atom. The monoisotopic (exact) mass is 989 g/mol. The molecule has 0 fully saturated rings. The Balaban J connectivity index is 6.79. The van der Waals surface area contributed by atoms with Crippen LogP contribution < -0.4 is 71.6 Å². The van der Waals surface area contributed by atoms with Crippen molar-refractivity contribution in [2.45, 2.75) is 133 Å². The largest absolute Gasteiger partial charge is 0.481 e. The molecule has 8 atom stereocenters. The molecule has 0 heterocycles. The normalized spacial score (nSPS) is 14.2. The number of carboxylic acid groups (broad SMARTS) is 3. The van der Waals surface area contributed by atoms with E-state index in [1.807, 2.05) is 0 Å². The summed E-state index contributed by atoms with van der Waals surface area (Å²) in [5, 5.41) is 44.5. The molecule has 0 saturated carbocycles. The lowest BCUT2D eigenvalue weighted by Crippen LogP contribution is -2.60. The summed E-state index contributed by atoms with van der Waals surface area (Å²) in [4.78, 5) is 148. The van der Waals surface area contributed by atoms with Gasteiger partial charge in [0.25, 0.3) is 0 Å². The number of carbonyl (C=O) groups is 11. The quantitative estimate of drug-likeness (QED) is 0.0160. The summed E-state index contributed by atoms with van der Waals surface area (Å²) in [6, 6.07) is -11.7. The first kappa shape index (κ1) is 61.0. The van der Waals surface area contributed by atoms with Crippen molar-refractivity contribution in [2.24, 2.45) is 44.4 Å². The molecule has 0 saturated heterocycles. The Hall–Kier alpha value is -6.98. The van der Waals surface area contributed by atoms with E-state index in [2.05, 4.69) is 47.2 Å². The van der Waals surface area contributed by atoms with E-state index in [0.29, 0.717) is 0 Å². The molecule has 0 aliphatic carbocycles. The van der Waals surface area contributed by atoms with Gasteiger partial charge in [0.2, 0.25) is 47.3 Å². The highest BCUT2D eigenvalue weighted by Crippen LogP contribution is 2.10. The van der Waals surface area contributed by atoms with Crippen LogP contribution in [-0.2, 0) is 52.7 Å². The maximum absolute atomic E-state index is 14.0. The number of hydrogen-bond acceptors (Lipinski definition) is 15. The van der Waals surface area contributed by atoms with Crippen LogP contribution in [0.4, 0.5) is 0 Å². The molecule has 0 aliphatic heterocycles. The molecule has 384 valence electrons. The van der Waals surface area contributed by atoms with Crippen LogP contribution in [0.25, 0.3) is 0 Å². The van der Waals surface area contributed by atoms with E-state index in [4.69, 9.17) is 34.4 Å². The molecule has 29 nitrogen and oxygen atoms in total. The van der Waals surface area contributed by atoms with E-state index in [1.165, 1.54) is 18.7 Å². The molecule has 0 aromatic rings. The summed E-state index contributed by atoms with van der Waals surface area (Å²) >= 11 is 1.24. The van der Waals surface area contributed by atoms with Gasteiger partial charge in [-0.1, -0.05) is 0 Å². The fraction of sp³-hybridized carbons (Fsp3) is 0.658. The number of hydrogen-bond donors (Lipinski definition) is 16. The van der Waals surface area contributed by atoms with Gasteiger partial charge in [0.15, 0.2) is 11.9 Å². The highest BCUT2D eigenvalue weighted by Gasteiger charge is 2.34. The number of nitrogens with two attached hydrogens (primary N) is 6. The minimum atomic E-state index is -1.72. The number of aliphatic imine (C=N–C) groups is 2. The molecule has 0 radical (unpaired) electrons. The van der Waals surface area contributed by atoms with Crippen LogP contribution in [0.5, 0.6) is 0 Å². The summed E-state index contributed by atoms with van der Waals surface area (Å²) in [5.74, 6) is -12.2. The number of rotatable bonds is 35. The van der Waals surface area contributed by atoms with Crippen LogP contribution in [0.3, 0.4) is 0 Å². The first-order chi connectivity index (χ1) is 31.8. The van der Waals surface area contributed by atoms with E-state index in [-0.39, 0.29) is 62.9 Å². The lowest BCUT2D eigenvalue weighted by atomic mass is 10.0. The van der Waals surface area contributed by atoms with Crippen molar-refractivity contribution >= 4 is 88.8 Å². The Kier molecular flexibility index (Phi) is 29.3. The SMILES string of the molecule is CSCC[C@@H](NC(=O)[C@H](CCC(N)=O)NC(=O)[C@H](CCCN=C(N)N)NC(=O)[C@H](CCCN=C(N)N)NC(=O)[C@H](C)N)C(=O)N[C@@H](CCC(=O)O)C(=O)N[C@@H](CCC(=O)O)C(=O)N[C@@H](C)C(=O)O. The molecule has 30 heteroatoms. The zero-order valence-corrected chi connectivity index (χ0v) is 38.9. The molecule has 68 heavy (non-hydrogen) atoms. The Morgan fingerprint density at radius 1 is 0.471 bits per heavy atom. The molecule has 8 amide bonds. The lowest BCUT2D eigenvalue weighted by molar-refractivity contribution is -0.142. The molecule has 0 bridgehead atoms. The average molecular weight is 990 g/mol. The van der Waals surface area contributed by atoms with Gasteiger partial charge in [0, 0.05) is 32.4 Å². The third kappa shape index (κ3) is 26.9. The molecule has 0 spiro atoms. The number of thioether (sulfide) groups is 1. The first-order valence-corrected chi connectivity index (χ1v) is 22.6. The first-order valence-electron chi connectivity index (χ1n) is 21.2. The maximum Gasteiger partial charge on any atom is 0.325 e. The van der Waals surface area contributed by atoms with Crippen LogP contribution >= 0.6 is 11.8 Å². The lowest BCUT2D eigenvalue weighted by Gasteiger charge is -2.28. The number of nitrogens with one attached hydrogen (secondary N) is 7. The summed E-state index contributed by atoms with van der Waals surface area (Å²) < 4.78 is 0. The topological polar surface area (TPSA) is 514 Å². The average Bonchev–Trinajstić information content (AvgIpc) is 3.24. The predicted octanol–water partition coefficient (Wildman–Crippen LogP) is -6.31. The van der Waals surface area contributed by atoms with Gasteiger partial charge in [-0.15, -0.1) is 0 Å². The van der Waals surface area contributed by atoms with Gasteiger partial charge in [-0.05, 0) is 77.2 Å². The number of aliphatic carboxylic acids is 3. The Morgan fingerprint density at radius 2 is 0.779 bits per heavy atom. The van der Waals surface area contributed by atoms with E-state index < -0.39 is 152 Å². The molecular formula is C38H67N15O14S. The number of primary amides is 1. The van der Waals surface area contributed by atoms with Gasteiger partial charge in [0.1, 0.15) is 42.3 Å². The second-order valence-corrected chi connectivity index (χ2v) is 16.3. The van der Waals surface area contributed by atoms with E-state index in [0.717, 1.165) is 6.92 Å². The molecule has 0 aliphatic rings. The standard InChI is InChI=1S/C38H67N15O14S/c1-18(39)29(59)48-20(6-4-15-45-37(41)42)31(61)49-21(7-5-16-46-38(43)44)32(62)50-22(8-11-26(40)54)33(63)53-25(14-17-68-3)35(65)52-24(10-13-28(57)58)34(64)51-23(9-12-27(55)56)30(60)47-19(2)36(66)67/h18-25H,4-17,39H2,1-3H3,(H2,40,54)(H,47,60)(H,48,59)(H,49,61)(H,50,62)(H,51,64)(H,52,65)(H,53,63)(H,55,56)(H,57,58)(H,66,67)(H4,41,42,45)(H4,43,44,46)/t18-,19-,20-,21-,22-,23-,24-,25+/m0/s1. The van der Waals surface area contributed by atoms with Crippen molar-refractivity contribution in [3.05, 3.63) is 0 Å². The number of amides is 8. The number of nitrogens with zero attached hydrogens (tertiary/aromatic N) is 2. The van der Waals surface area contributed by atoms with E-state index in [9.17, 15) is 68.1 Å². The second kappa shape index (κ2) is 32.7. The molecule has 0 aromatic carbocycles. The highest BCUT2D eigenvalue weighted by atomic mass is 32.2. The number of carbonyl (C=O) groups excluding carboxylic acids is 8. The van der Waals surface area contributed by atoms with Gasteiger partial charge in [-0.25, -0.2) is 0 Å². The van der Waals surface area contributed by atoms with Crippen molar-refractivity contribution in [1.29, 1.82) is 0 Å². The summed E-state index contributed by atoms with van der Waals surface area (Å²) in [6.07, 6.45) is -1.70. The smallest absolute Gasteiger partial charge is 0.325 e. The van der Waals surface area contributed by atoms with E-state index in [1.54, 1.807) is 6.26 Å². The molecule has 0 unspecified atom stereocenters.